The van der Waals surface area contributed by atoms with Crippen molar-refractivity contribution in [1.29, 1.82) is 0 Å². The molecular formula is C10H18N2OS. The van der Waals surface area contributed by atoms with Crippen molar-refractivity contribution < 1.29 is 5.11 Å². The number of nitrogens with zero attached hydrogens (tertiary/aromatic N) is 1. The van der Waals surface area contributed by atoms with Crippen LogP contribution in [-0.2, 0) is 6.54 Å². The third kappa shape index (κ3) is 4.19. The highest BCUT2D eigenvalue weighted by Gasteiger charge is 2.07. The second-order valence-corrected chi connectivity index (χ2v) is 4.54. The number of thiophene rings is 1. The van der Waals surface area contributed by atoms with Crippen LogP contribution in [0.1, 0.15) is 11.3 Å². The quantitative estimate of drug-likeness (QED) is 0.739. The number of aliphatic hydroxyl groups is 1. The van der Waals surface area contributed by atoms with Crippen LogP contribution in [0.2, 0.25) is 0 Å². The lowest BCUT2D eigenvalue weighted by atomic mass is 10.2. The lowest BCUT2D eigenvalue weighted by molar-refractivity contribution is 0.117. The Morgan fingerprint density at radius 1 is 1.64 bits per heavy atom. The largest absolute Gasteiger partial charge is 0.392 e. The Balaban J connectivity index is 2.25. The van der Waals surface area contributed by atoms with Gasteiger partial charge in [-0.15, -0.1) is 11.3 Å². The van der Waals surface area contributed by atoms with Gasteiger partial charge >= 0.3 is 0 Å². The first-order chi connectivity index (χ1) is 6.72. The van der Waals surface area contributed by atoms with Crippen molar-refractivity contribution in [3.05, 3.63) is 22.4 Å². The summed E-state index contributed by atoms with van der Waals surface area (Å²) in [5.41, 5.74) is 5.36. The summed E-state index contributed by atoms with van der Waals surface area (Å²) in [7, 11) is 2.01. The van der Waals surface area contributed by atoms with Crippen LogP contribution < -0.4 is 5.73 Å². The van der Waals surface area contributed by atoms with Crippen LogP contribution >= 0.6 is 11.3 Å². The summed E-state index contributed by atoms with van der Waals surface area (Å²) in [6.07, 6.45) is 0.374. The maximum atomic E-state index is 9.53. The van der Waals surface area contributed by atoms with E-state index in [1.165, 1.54) is 4.88 Å². The number of hydrogen-bond acceptors (Lipinski definition) is 4. The van der Waals surface area contributed by atoms with Gasteiger partial charge in [0.1, 0.15) is 0 Å². The van der Waals surface area contributed by atoms with E-state index in [9.17, 15) is 5.11 Å². The Bertz CT molecular complexity index is 238. The van der Waals surface area contributed by atoms with Gasteiger partial charge < -0.3 is 10.8 Å². The van der Waals surface area contributed by atoms with Crippen LogP contribution in [0.5, 0.6) is 0 Å². The highest BCUT2D eigenvalue weighted by atomic mass is 32.1. The van der Waals surface area contributed by atoms with Crippen molar-refractivity contribution >= 4 is 11.3 Å². The first-order valence-corrected chi connectivity index (χ1v) is 5.69. The van der Waals surface area contributed by atoms with Gasteiger partial charge in [0.2, 0.25) is 0 Å². The maximum Gasteiger partial charge on any atom is 0.0679 e. The molecule has 4 heteroatoms. The fraction of sp³-hybridized carbons (Fsp3) is 0.600. The monoisotopic (exact) mass is 214 g/mol. The summed E-state index contributed by atoms with van der Waals surface area (Å²) in [5.74, 6) is 0. The molecule has 0 fully saturated rings. The lowest BCUT2D eigenvalue weighted by Gasteiger charge is -2.19. The van der Waals surface area contributed by atoms with Crippen molar-refractivity contribution in [2.45, 2.75) is 19.1 Å². The van der Waals surface area contributed by atoms with E-state index in [2.05, 4.69) is 16.3 Å². The number of nitrogens with two attached hydrogens (primary N) is 1. The minimum Gasteiger partial charge on any atom is -0.392 e. The molecule has 0 radical (unpaired) electrons. The van der Waals surface area contributed by atoms with Crippen molar-refractivity contribution in [1.82, 2.24) is 4.90 Å². The molecule has 3 N–H and O–H groups in total. The predicted octanol–water partition coefficient (Wildman–Crippen LogP) is 0.890. The van der Waals surface area contributed by atoms with Gasteiger partial charge in [-0.2, -0.15) is 0 Å². The molecule has 0 aliphatic rings. The zero-order valence-electron chi connectivity index (χ0n) is 8.52. The summed E-state index contributed by atoms with van der Waals surface area (Å²) in [6, 6.07) is 4.15. The number of hydrogen-bond donors (Lipinski definition) is 2. The molecule has 0 spiro atoms. The maximum absolute atomic E-state index is 9.53. The highest BCUT2D eigenvalue weighted by Crippen LogP contribution is 2.11. The molecule has 80 valence electrons. The van der Waals surface area contributed by atoms with Gasteiger partial charge in [-0.25, -0.2) is 0 Å². The number of aliphatic hydroxyl groups excluding tert-OH is 1. The van der Waals surface area contributed by atoms with Crippen molar-refractivity contribution in [3.63, 3.8) is 0 Å². The first-order valence-electron chi connectivity index (χ1n) is 4.81. The zero-order chi connectivity index (χ0) is 10.4. The molecule has 1 rings (SSSR count). The van der Waals surface area contributed by atoms with E-state index in [1.807, 2.05) is 13.1 Å². The highest BCUT2D eigenvalue weighted by molar-refractivity contribution is 7.09. The minimum absolute atomic E-state index is 0.301. The second-order valence-electron chi connectivity index (χ2n) is 3.51. The predicted molar refractivity (Wildman–Crippen MR) is 60.3 cm³/mol. The summed E-state index contributed by atoms with van der Waals surface area (Å²) in [5, 5.41) is 11.6. The summed E-state index contributed by atoms with van der Waals surface area (Å²) >= 11 is 1.74. The van der Waals surface area contributed by atoms with Crippen LogP contribution in [-0.4, -0.2) is 36.2 Å². The molecule has 3 nitrogen and oxygen atoms in total. The summed E-state index contributed by atoms with van der Waals surface area (Å²) in [4.78, 5) is 3.44. The molecule has 1 aromatic rings. The molecule has 1 unspecified atom stereocenters. The molecule has 0 amide bonds. The van der Waals surface area contributed by atoms with E-state index in [-0.39, 0.29) is 6.10 Å². The fourth-order valence-electron chi connectivity index (χ4n) is 1.38. The number of likely N-dealkylation sites (N-methyl/N-ethyl adjacent to an activating group) is 1. The summed E-state index contributed by atoms with van der Waals surface area (Å²) in [6.45, 7) is 2.14. The van der Waals surface area contributed by atoms with E-state index in [0.717, 1.165) is 6.54 Å². The van der Waals surface area contributed by atoms with E-state index < -0.39 is 0 Å². The Morgan fingerprint density at radius 3 is 3.00 bits per heavy atom. The Hall–Kier alpha value is -0.420. The molecule has 0 saturated carbocycles. The summed E-state index contributed by atoms with van der Waals surface area (Å²) < 4.78 is 0. The van der Waals surface area contributed by atoms with Crippen LogP contribution in [0.25, 0.3) is 0 Å². The topological polar surface area (TPSA) is 49.5 Å². The van der Waals surface area contributed by atoms with Crippen LogP contribution in [0, 0.1) is 0 Å². The van der Waals surface area contributed by atoms with Crippen molar-refractivity contribution in [3.8, 4) is 0 Å². The molecular weight excluding hydrogens is 196 g/mol. The van der Waals surface area contributed by atoms with E-state index in [4.69, 9.17) is 5.73 Å². The standard InChI is InChI=1S/C10H18N2OS/c1-12(7-9(13)4-5-11)8-10-3-2-6-14-10/h2-3,6,9,13H,4-5,7-8,11H2,1H3. The molecule has 14 heavy (non-hydrogen) atoms. The smallest absolute Gasteiger partial charge is 0.0679 e. The number of rotatable bonds is 6. The van der Waals surface area contributed by atoms with Gasteiger partial charge in [-0.3, -0.25) is 4.90 Å². The molecule has 1 atom stereocenters. The minimum atomic E-state index is -0.301. The fourth-order valence-corrected chi connectivity index (χ4v) is 2.16. The van der Waals surface area contributed by atoms with Crippen LogP contribution in [0.3, 0.4) is 0 Å². The zero-order valence-corrected chi connectivity index (χ0v) is 9.33. The molecule has 0 saturated heterocycles. The van der Waals surface area contributed by atoms with Gasteiger partial charge in [-0.05, 0) is 31.5 Å². The molecule has 0 bridgehead atoms. The molecule has 0 aliphatic carbocycles. The van der Waals surface area contributed by atoms with Gasteiger partial charge in [-0.1, -0.05) is 6.07 Å². The molecule has 1 heterocycles. The Labute approximate surface area is 89.2 Å². The van der Waals surface area contributed by atoms with Crippen LogP contribution in [0.15, 0.2) is 17.5 Å². The molecule has 1 aromatic heterocycles. The molecule has 0 aromatic carbocycles. The van der Waals surface area contributed by atoms with Crippen LogP contribution in [0.4, 0.5) is 0 Å². The Morgan fingerprint density at radius 2 is 2.43 bits per heavy atom. The van der Waals surface area contributed by atoms with Crippen molar-refractivity contribution in [2.24, 2.45) is 5.73 Å². The first kappa shape index (κ1) is 11.7. The lowest BCUT2D eigenvalue weighted by Crippen LogP contribution is -2.30. The average molecular weight is 214 g/mol. The third-order valence-electron chi connectivity index (χ3n) is 2.03. The van der Waals surface area contributed by atoms with E-state index in [1.54, 1.807) is 11.3 Å². The van der Waals surface area contributed by atoms with E-state index >= 15 is 0 Å². The Kier molecular flexibility index (Phi) is 5.11. The SMILES string of the molecule is CN(Cc1cccs1)CC(O)CCN. The average Bonchev–Trinajstić information content (AvgIpc) is 2.56. The van der Waals surface area contributed by atoms with Crippen molar-refractivity contribution in [2.75, 3.05) is 20.1 Å². The van der Waals surface area contributed by atoms with Gasteiger partial charge in [0.05, 0.1) is 6.10 Å². The van der Waals surface area contributed by atoms with Gasteiger partial charge in [0.25, 0.3) is 0 Å². The normalized spacial score (nSPS) is 13.4. The molecule has 0 aliphatic heterocycles. The third-order valence-corrected chi connectivity index (χ3v) is 2.89. The van der Waals surface area contributed by atoms with Gasteiger partial charge in [0.15, 0.2) is 0 Å². The van der Waals surface area contributed by atoms with Gasteiger partial charge in [0, 0.05) is 18.0 Å². The van der Waals surface area contributed by atoms with E-state index in [0.29, 0.717) is 19.5 Å². The second kappa shape index (κ2) is 6.14.